The maximum absolute atomic E-state index is 11.1. The van der Waals surface area contributed by atoms with Crippen molar-refractivity contribution in [2.75, 3.05) is 6.61 Å². The molecule has 1 aliphatic rings. The average molecular weight is 227 g/mol. The molecule has 0 heterocycles. The molecule has 82 valence electrons. The molecule has 0 radical (unpaired) electrons. The fourth-order valence-corrected chi connectivity index (χ4v) is 1.79. The van der Waals surface area contributed by atoms with Crippen molar-refractivity contribution in [2.24, 2.45) is 11.1 Å². The first-order valence-corrected chi connectivity index (χ1v) is 6.36. The molecular formula is C10H13NO3S. The predicted molar refractivity (Wildman–Crippen MR) is 56.0 cm³/mol. The van der Waals surface area contributed by atoms with Crippen molar-refractivity contribution < 1.29 is 13.2 Å². The Morgan fingerprint density at radius 2 is 2.13 bits per heavy atom. The van der Waals surface area contributed by atoms with E-state index in [-0.39, 0.29) is 4.90 Å². The van der Waals surface area contributed by atoms with Gasteiger partial charge in [-0.2, -0.15) is 0 Å². The molecule has 1 fully saturated rings. The smallest absolute Gasteiger partial charge is 0.238 e. The third-order valence-corrected chi connectivity index (χ3v) is 3.23. The lowest BCUT2D eigenvalue weighted by Crippen LogP contribution is -2.12. The SMILES string of the molecule is NS(=O)(=O)c1cccc(OCC2CC2)c1. The van der Waals surface area contributed by atoms with E-state index in [1.54, 1.807) is 12.1 Å². The van der Waals surface area contributed by atoms with Crippen LogP contribution in [0.25, 0.3) is 0 Å². The summed E-state index contributed by atoms with van der Waals surface area (Å²) in [4.78, 5) is 0.0933. The van der Waals surface area contributed by atoms with Gasteiger partial charge in [0.05, 0.1) is 11.5 Å². The monoisotopic (exact) mass is 227 g/mol. The second-order valence-corrected chi connectivity index (χ2v) is 5.34. The predicted octanol–water partition coefficient (Wildman–Crippen LogP) is 1.12. The first-order valence-electron chi connectivity index (χ1n) is 4.81. The van der Waals surface area contributed by atoms with E-state index in [1.807, 2.05) is 0 Å². The van der Waals surface area contributed by atoms with Crippen molar-refractivity contribution in [3.05, 3.63) is 24.3 Å². The quantitative estimate of drug-likeness (QED) is 0.838. The van der Waals surface area contributed by atoms with Gasteiger partial charge in [0.15, 0.2) is 0 Å². The van der Waals surface area contributed by atoms with Gasteiger partial charge >= 0.3 is 0 Å². The Kier molecular flexibility index (Phi) is 2.67. The van der Waals surface area contributed by atoms with Gasteiger partial charge in [0.1, 0.15) is 5.75 Å². The maximum atomic E-state index is 11.1. The van der Waals surface area contributed by atoms with Gasteiger partial charge < -0.3 is 4.74 Å². The van der Waals surface area contributed by atoms with Crippen LogP contribution in [0.3, 0.4) is 0 Å². The fourth-order valence-electron chi connectivity index (χ4n) is 1.24. The molecule has 15 heavy (non-hydrogen) atoms. The molecular weight excluding hydrogens is 214 g/mol. The van der Waals surface area contributed by atoms with Gasteiger partial charge in [-0.1, -0.05) is 6.07 Å². The highest BCUT2D eigenvalue weighted by Crippen LogP contribution is 2.29. The van der Waals surface area contributed by atoms with Crippen molar-refractivity contribution in [1.82, 2.24) is 0 Å². The molecule has 0 atom stereocenters. The van der Waals surface area contributed by atoms with Gasteiger partial charge in [-0.3, -0.25) is 0 Å². The normalized spacial score (nSPS) is 16.3. The molecule has 0 unspecified atom stereocenters. The molecule has 0 aromatic heterocycles. The fraction of sp³-hybridized carbons (Fsp3) is 0.400. The number of hydrogen-bond acceptors (Lipinski definition) is 3. The Balaban J connectivity index is 2.11. The molecule has 0 spiro atoms. The maximum Gasteiger partial charge on any atom is 0.238 e. The minimum absolute atomic E-state index is 0.0933. The van der Waals surface area contributed by atoms with Crippen molar-refractivity contribution >= 4 is 10.0 Å². The zero-order valence-electron chi connectivity index (χ0n) is 8.22. The summed E-state index contributed by atoms with van der Waals surface area (Å²) in [5.74, 6) is 1.21. The van der Waals surface area contributed by atoms with E-state index in [2.05, 4.69) is 0 Å². The highest BCUT2D eigenvalue weighted by molar-refractivity contribution is 7.89. The van der Waals surface area contributed by atoms with E-state index in [4.69, 9.17) is 9.88 Å². The van der Waals surface area contributed by atoms with Crippen LogP contribution < -0.4 is 9.88 Å². The van der Waals surface area contributed by atoms with E-state index in [0.29, 0.717) is 18.3 Å². The van der Waals surface area contributed by atoms with Crippen LogP contribution in [-0.2, 0) is 10.0 Å². The van der Waals surface area contributed by atoms with E-state index in [0.717, 1.165) is 0 Å². The second kappa shape index (κ2) is 3.83. The average Bonchev–Trinajstić information content (AvgIpc) is 2.97. The largest absolute Gasteiger partial charge is 0.493 e. The standard InChI is InChI=1S/C10H13NO3S/c11-15(12,13)10-3-1-2-9(6-10)14-7-8-4-5-8/h1-3,6,8H,4-5,7H2,(H2,11,12,13). The van der Waals surface area contributed by atoms with Crippen molar-refractivity contribution in [3.63, 3.8) is 0 Å². The Morgan fingerprint density at radius 3 is 2.73 bits per heavy atom. The summed E-state index contributed by atoms with van der Waals surface area (Å²) in [6.45, 7) is 0.661. The summed E-state index contributed by atoms with van der Waals surface area (Å²) in [7, 11) is -3.63. The topological polar surface area (TPSA) is 69.4 Å². The summed E-state index contributed by atoms with van der Waals surface area (Å²) in [5, 5.41) is 5.01. The summed E-state index contributed by atoms with van der Waals surface area (Å²) >= 11 is 0. The molecule has 0 saturated heterocycles. The summed E-state index contributed by atoms with van der Waals surface area (Å²) in [5.41, 5.74) is 0. The van der Waals surface area contributed by atoms with Gasteiger partial charge in [0, 0.05) is 6.07 Å². The number of nitrogens with two attached hydrogens (primary N) is 1. The van der Waals surface area contributed by atoms with Crippen LogP contribution in [0.1, 0.15) is 12.8 Å². The third-order valence-electron chi connectivity index (χ3n) is 2.32. The van der Waals surface area contributed by atoms with Crippen LogP contribution in [0.4, 0.5) is 0 Å². The molecule has 0 bridgehead atoms. The molecule has 0 aliphatic heterocycles. The van der Waals surface area contributed by atoms with Crippen LogP contribution in [0.2, 0.25) is 0 Å². The Morgan fingerprint density at radius 1 is 1.40 bits per heavy atom. The lowest BCUT2D eigenvalue weighted by Gasteiger charge is -2.06. The van der Waals surface area contributed by atoms with Crippen LogP contribution in [0.5, 0.6) is 5.75 Å². The first-order chi connectivity index (χ1) is 7.05. The number of sulfonamides is 1. The van der Waals surface area contributed by atoms with Crippen molar-refractivity contribution in [1.29, 1.82) is 0 Å². The first kappa shape index (κ1) is 10.4. The second-order valence-electron chi connectivity index (χ2n) is 3.77. The Labute approximate surface area is 89.1 Å². The molecule has 4 nitrogen and oxygen atoms in total. The van der Waals surface area contributed by atoms with Gasteiger partial charge in [0.2, 0.25) is 10.0 Å². The van der Waals surface area contributed by atoms with Crippen LogP contribution in [0, 0.1) is 5.92 Å². The van der Waals surface area contributed by atoms with Crippen LogP contribution in [-0.4, -0.2) is 15.0 Å². The Bertz CT molecular complexity index is 451. The highest BCUT2D eigenvalue weighted by atomic mass is 32.2. The van der Waals surface area contributed by atoms with Gasteiger partial charge in [-0.05, 0) is 30.9 Å². The summed E-state index contributed by atoms with van der Waals surface area (Å²) < 4.78 is 27.6. The van der Waals surface area contributed by atoms with E-state index >= 15 is 0 Å². The molecule has 1 saturated carbocycles. The molecule has 1 aromatic rings. The van der Waals surface area contributed by atoms with E-state index < -0.39 is 10.0 Å². The summed E-state index contributed by atoms with van der Waals surface area (Å²) in [6, 6.07) is 6.27. The number of ether oxygens (including phenoxy) is 1. The zero-order chi connectivity index (χ0) is 10.9. The van der Waals surface area contributed by atoms with Crippen LogP contribution >= 0.6 is 0 Å². The van der Waals surface area contributed by atoms with Gasteiger partial charge in [-0.25, -0.2) is 13.6 Å². The molecule has 1 aliphatic carbocycles. The molecule has 1 aromatic carbocycles. The highest BCUT2D eigenvalue weighted by Gasteiger charge is 2.22. The number of primary sulfonamides is 1. The van der Waals surface area contributed by atoms with Crippen molar-refractivity contribution in [2.45, 2.75) is 17.7 Å². The van der Waals surface area contributed by atoms with Gasteiger partial charge in [0.25, 0.3) is 0 Å². The van der Waals surface area contributed by atoms with E-state index in [9.17, 15) is 8.42 Å². The molecule has 2 N–H and O–H groups in total. The Hall–Kier alpha value is -1.07. The number of benzene rings is 1. The molecule has 5 heteroatoms. The molecule has 0 amide bonds. The number of hydrogen-bond donors (Lipinski definition) is 1. The lowest BCUT2D eigenvalue weighted by atomic mass is 10.3. The number of rotatable bonds is 4. The minimum Gasteiger partial charge on any atom is -0.493 e. The lowest BCUT2D eigenvalue weighted by molar-refractivity contribution is 0.299. The summed E-state index contributed by atoms with van der Waals surface area (Å²) in [6.07, 6.45) is 2.41. The minimum atomic E-state index is -3.63. The van der Waals surface area contributed by atoms with Crippen LogP contribution in [0.15, 0.2) is 29.2 Å². The molecule has 2 rings (SSSR count). The van der Waals surface area contributed by atoms with E-state index in [1.165, 1.54) is 25.0 Å². The zero-order valence-corrected chi connectivity index (χ0v) is 9.03. The third kappa shape index (κ3) is 2.94. The van der Waals surface area contributed by atoms with Crippen molar-refractivity contribution in [3.8, 4) is 5.75 Å². The van der Waals surface area contributed by atoms with Gasteiger partial charge in [-0.15, -0.1) is 0 Å².